The van der Waals surface area contributed by atoms with Crippen molar-refractivity contribution in [3.8, 4) is 10.6 Å². The predicted octanol–water partition coefficient (Wildman–Crippen LogP) is 1.94. The van der Waals surface area contributed by atoms with E-state index in [9.17, 15) is 8.78 Å². The second kappa shape index (κ2) is 4.12. The Bertz CT molecular complexity index is 492. The van der Waals surface area contributed by atoms with Crippen LogP contribution in [0.2, 0.25) is 0 Å². The van der Waals surface area contributed by atoms with Crippen LogP contribution >= 0.6 is 11.3 Å². The molecule has 16 heavy (non-hydrogen) atoms. The van der Waals surface area contributed by atoms with E-state index in [1.807, 2.05) is 6.92 Å². The van der Waals surface area contributed by atoms with Gasteiger partial charge in [-0.1, -0.05) is 11.3 Å². The monoisotopic (exact) mass is 245 g/mol. The molecule has 0 radical (unpaired) electrons. The fraction of sp³-hybridized carbons (Fsp3) is 0.375. The number of hydrogen-bond donors (Lipinski definition) is 1. The van der Waals surface area contributed by atoms with Crippen LogP contribution in [0.25, 0.3) is 10.6 Å². The molecule has 0 aliphatic carbocycles. The van der Waals surface area contributed by atoms with Crippen LogP contribution in [0.3, 0.4) is 0 Å². The minimum atomic E-state index is -2.63. The van der Waals surface area contributed by atoms with Gasteiger partial charge in [0.05, 0.1) is 5.56 Å². The van der Waals surface area contributed by atoms with Crippen LogP contribution in [0.5, 0.6) is 0 Å². The molecule has 0 bridgehead atoms. The van der Waals surface area contributed by atoms with Crippen LogP contribution in [-0.4, -0.2) is 20.0 Å². The van der Waals surface area contributed by atoms with Gasteiger partial charge in [0.15, 0.2) is 5.01 Å². The molecule has 0 saturated heterocycles. The smallest absolute Gasteiger partial charge is 0.282 e. The Morgan fingerprint density at radius 2 is 2.25 bits per heavy atom. The first kappa shape index (κ1) is 10.9. The molecule has 2 heterocycles. The molecular formula is C8H9F2N5S. The van der Waals surface area contributed by atoms with Gasteiger partial charge in [0.1, 0.15) is 5.69 Å². The standard InChI is InChI=1S/C8H9F2N5S/c1-2-15-3-4(5(14-15)6(9)10)7-12-13-8(11)16-7/h3,6H,2H2,1H3,(H2,11,13). The summed E-state index contributed by atoms with van der Waals surface area (Å²) >= 11 is 1.07. The van der Waals surface area contributed by atoms with E-state index in [4.69, 9.17) is 5.73 Å². The number of nitrogens with two attached hydrogens (primary N) is 1. The lowest BCUT2D eigenvalue weighted by Gasteiger charge is -1.95. The van der Waals surface area contributed by atoms with Gasteiger partial charge in [-0.15, -0.1) is 10.2 Å². The number of alkyl halides is 2. The van der Waals surface area contributed by atoms with Gasteiger partial charge in [-0.2, -0.15) is 5.10 Å². The normalized spacial score (nSPS) is 11.2. The van der Waals surface area contributed by atoms with Crippen LogP contribution in [0.15, 0.2) is 6.20 Å². The second-order valence-electron chi connectivity index (χ2n) is 3.03. The van der Waals surface area contributed by atoms with Crippen molar-refractivity contribution in [3.05, 3.63) is 11.9 Å². The molecule has 0 unspecified atom stereocenters. The Labute approximate surface area is 93.9 Å². The molecule has 0 amide bonds. The fourth-order valence-electron chi connectivity index (χ4n) is 1.27. The number of halogens is 2. The molecule has 2 aromatic heterocycles. The van der Waals surface area contributed by atoms with Crippen molar-refractivity contribution in [3.63, 3.8) is 0 Å². The molecule has 86 valence electrons. The van der Waals surface area contributed by atoms with Crippen molar-refractivity contribution in [1.82, 2.24) is 20.0 Å². The molecule has 0 atom stereocenters. The van der Waals surface area contributed by atoms with E-state index < -0.39 is 6.43 Å². The highest BCUT2D eigenvalue weighted by atomic mass is 32.1. The topological polar surface area (TPSA) is 69.6 Å². The second-order valence-corrected chi connectivity index (χ2v) is 4.04. The zero-order chi connectivity index (χ0) is 11.7. The molecule has 0 aromatic carbocycles. The van der Waals surface area contributed by atoms with E-state index in [0.29, 0.717) is 17.1 Å². The van der Waals surface area contributed by atoms with Crippen molar-refractivity contribution in [1.29, 1.82) is 0 Å². The summed E-state index contributed by atoms with van der Waals surface area (Å²) in [6.45, 7) is 2.34. The number of aryl methyl sites for hydroxylation is 1. The molecule has 2 N–H and O–H groups in total. The first-order valence-electron chi connectivity index (χ1n) is 4.56. The zero-order valence-electron chi connectivity index (χ0n) is 8.39. The van der Waals surface area contributed by atoms with Crippen LogP contribution in [0.1, 0.15) is 19.0 Å². The van der Waals surface area contributed by atoms with Crippen molar-refractivity contribution in [2.75, 3.05) is 5.73 Å². The zero-order valence-corrected chi connectivity index (χ0v) is 9.21. The van der Waals surface area contributed by atoms with Crippen LogP contribution in [0, 0.1) is 0 Å². The summed E-state index contributed by atoms with van der Waals surface area (Å²) < 4.78 is 26.9. The van der Waals surface area contributed by atoms with E-state index in [1.165, 1.54) is 10.9 Å². The Kier molecular flexibility index (Phi) is 2.82. The Hall–Kier alpha value is -1.57. The van der Waals surface area contributed by atoms with E-state index in [1.54, 1.807) is 0 Å². The highest BCUT2D eigenvalue weighted by molar-refractivity contribution is 7.18. The first-order chi connectivity index (χ1) is 7.61. The van der Waals surface area contributed by atoms with E-state index >= 15 is 0 Å². The lowest BCUT2D eigenvalue weighted by atomic mass is 10.3. The number of rotatable bonds is 3. The Morgan fingerprint density at radius 1 is 1.50 bits per heavy atom. The maximum Gasteiger partial charge on any atom is 0.282 e. The first-order valence-corrected chi connectivity index (χ1v) is 5.38. The van der Waals surface area contributed by atoms with Gasteiger partial charge in [0.25, 0.3) is 6.43 Å². The highest BCUT2D eigenvalue weighted by Crippen LogP contribution is 2.32. The largest absolute Gasteiger partial charge is 0.374 e. The van der Waals surface area contributed by atoms with Crippen LogP contribution in [-0.2, 0) is 6.54 Å². The number of nitrogen functional groups attached to an aromatic ring is 1. The third-order valence-electron chi connectivity index (χ3n) is 1.99. The van der Waals surface area contributed by atoms with Crippen molar-refractivity contribution >= 4 is 16.5 Å². The average Bonchev–Trinajstić information content (AvgIpc) is 2.82. The van der Waals surface area contributed by atoms with E-state index in [0.717, 1.165) is 11.3 Å². The number of anilines is 1. The van der Waals surface area contributed by atoms with Crippen molar-refractivity contribution < 1.29 is 8.78 Å². The number of nitrogens with zero attached hydrogens (tertiary/aromatic N) is 4. The van der Waals surface area contributed by atoms with Gasteiger partial charge in [-0.05, 0) is 6.92 Å². The Morgan fingerprint density at radius 3 is 2.75 bits per heavy atom. The van der Waals surface area contributed by atoms with Gasteiger partial charge in [-0.25, -0.2) is 8.78 Å². The summed E-state index contributed by atoms with van der Waals surface area (Å²) in [6.07, 6.45) is -1.10. The predicted molar refractivity (Wildman–Crippen MR) is 56.2 cm³/mol. The lowest BCUT2D eigenvalue weighted by molar-refractivity contribution is 0.145. The average molecular weight is 245 g/mol. The van der Waals surface area contributed by atoms with Gasteiger partial charge >= 0.3 is 0 Å². The molecule has 0 aliphatic rings. The maximum atomic E-state index is 12.7. The molecule has 2 aromatic rings. The summed E-state index contributed by atoms with van der Waals surface area (Å²) in [7, 11) is 0. The number of aromatic nitrogens is 4. The lowest BCUT2D eigenvalue weighted by Crippen LogP contribution is -1.95. The maximum absolute atomic E-state index is 12.7. The SMILES string of the molecule is CCn1cc(-c2nnc(N)s2)c(C(F)F)n1. The van der Waals surface area contributed by atoms with E-state index in [2.05, 4.69) is 15.3 Å². The van der Waals surface area contributed by atoms with Crippen molar-refractivity contribution in [2.24, 2.45) is 0 Å². The van der Waals surface area contributed by atoms with Crippen LogP contribution in [0.4, 0.5) is 13.9 Å². The molecule has 5 nitrogen and oxygen atoms in total. The molecule has 8 heteroatoms. The molecule has 0 fully saturated rings. The summed E-state index contributed by atoms with van der Waals surface area (Å²) in [5.74, 6) is 0. The molecule has 0 saturated carbocycles. The Balaban J connectivity index is 2.50. The minimum absolute atomic E-state index is 0.250. The molecule has 0 aliphatic heterocycles. The summed E-state index contributed by atoms with van der Waals surface area (Å²) in [6, 6.07) is 0. The van der Waals surface area contributed by atoms with Crippen LogP contribution < -0.4 is 5.73 Å². The third kappa shape index (κ3) is 1.87. The van der Waals surface area contributed by atoms with Gasteiger partial charge in [-0.3, -0.25) is 4.68 Å². The summed E-state index contributed by atoms with van der Waals surface area (Å²) in [5, 5.41) is 11.7. The third-order valence-corrected chi connectivity index (χ3v) is 2.78. The molecule has 2 rings (SSSR count). The fourth-order valence-corrected chi connectivity index (χ4v) is 1.90. The summed E-state index contributed by atoms with van der Waals surface area (Å²) in [5.41, 5.74) is 5.43. The van der Waals surface area contributed by atoms with Crippen molar-refractivity contribution in [2.45, 2.75) is 19.9 Å². The highest BCUT2D eigenvalue weighted by Gasteiger charge is 2.21. The molecule has 0 spiro atoms. The van der Waals surface area contributed by atoms with E-state index in [-0.39, 0.29) is 10.8 Å². The van der Waals surface area contributed by atoms with Gasteiger partial charge in [0, 0.05) is 12.7 Å². The molecular weight excluding hydrogens is 236 g/mol. The summed E-state index contributed by atoms with van der Waals surface area (Å²) in [4.78, 5) is 0. The van der Waals surface area contributed by atoms with Gasteiger partial charge < -0.3 is 5.73 Å². The minimum Gasteiger partial charge on any atom is -0.374 e. The van der Waals surface area contributed by atoms with Gasteiger partial charge in [0.2, 0.25) is 5.13 Å². The quantitative estimate of drug-likeness (QED) is 0.897. The number of hydrogen-bond acceptors (Lipinski definition) is 5.